The molecule has 1 aromatic heterocycles. The highest BCUT2D eigenvalue weighted by atomic mass is 16.2. The second kappa shape index (κ2) is 5.74. The van der Waals surface area contributed by atoms with E-state index >= 15 is 0 Å². The first-order chi connectivity index (χ1) is 8.25. The number of H-pyrrole nitrogens is 1. The maximum atomic E-state index is 11.8. The molecule has 0 saturated carbocycles. The molecule has 1 unspecified atom stereocenters. The molecule has 0 spiro atoms. The topological polar surface area (TPSA) is 85.9 Å². The number of carbonyl (C=O) groups is 1. The zero-order chi connectivity index (χ0) is 12.1. The fourth-order valence-corrected chi connectivity index (χ4v) is 1.85. The quantitative estimate of drug-likeness (QED) is 0.619. The van der Waals surface area contributed by atoms with Gasteiger partial charge in [-0.2, -0.15) is 5.10 Å². The first kappa shape index (κ1) is 12.0. The second-order valence-corrected chi connectivity index (χ2v) is 4.19. The van der Waals surface area contributed by atoms with Gasteiger partial charge in [-0.1, -0.05) is 0 Å². The van der Waals surface area contributed by atoms with Crippen LogP contribution in [0.4, 0.5) is 0 Å². The molecule has 1 saturated heterocycles. The van der Waals surface area contributed by atoms with E-state index in [2.05, 4.69) is 30.7 Å². The molecule has 1 aliphatic rings. The fourth-order valence-electron chi connectivity index (χ4n) is 1.85. The Kier molecular flexibility index (Phi) is 4.05. The van der Waals surface area contributed by atoms with Crippen LogP contribution in [0.1, 0.15) is 18.8 Å². The molecular formula is C10H18N6O. The van der Waals surface area contributed by atoms with Crippen LogP contribution in [0.3, 0.4) is 0 Å². The molecular weight excluding hydrogens is 220 g/mol. The minimum Gasteiger partial charge on any atom is -0.345 e. The highest BCUT2D eigenvalue weighted by Crippen LogP contribution is 2.03. The summed E-state index contributed by atoms with van der Waals surface area (Å²) in [4.78, 5) is 17.9. The molecule has 0 aromatic carbocycles. The monoisotopic (exact) mass is 238 g/mol. The highest BCUT2D eigenvalue weighted by Gasteiger charge is 2.16. The molecule has 1 aliphatic heterocycles. The van der Waals surface area contributed by atoms with Gasteiger partial charge in [-0.05, 0) is 6.92 Å². The number of hydrogen-bond donors (Lipinski definition) is 3. The van der Waals surface area contributed by atoms with Crippen LogP contribution in [0.2, 0.25) is 0 Å². The van der Waals surface area contributed by atoms with Gasteiger partial charge in [0, 0.05) is 26.2 Å². The summed E-state index contributed by atoms with van der Waals surface area (Å²) in [6.45, 7) is 6.07. The van der Waals surface area contributed by atoms with Crippen molar-refractivity contribution in [2.24, 2.45) is 0 Å². The Labute approximate surface area is 100.0 Å². The van der Waals surface area contributed by atoms with Crippen molar-refractivity contribution in [3.05, 3.63) is 12.2 Å². The molecule has 1 atom stereocenters. The summed E-state index contributed by atoms with van der Waals surface area (Å²) in [5.74, 6) is 0.703. The van der Waals surface area contributed by atoms with Gasteiger partial charge in [-0.15, -0.1) is 0 Å². The van der Waals surface area contributed by atoms with Gasteiger partial charge in [0.05, 0.1) is 12.6 Å². The zero-order valence-electron chi connectivity index (χ0n) is 9.94. The first-order valence-corrected chi connectivity index (χ1v) is 5.83. The summed E-state index contributed by atoms with van der Waals surface area (Å²) >= 11 is 0. The average molecular weight is 238 g/mol. The lowest BCUT2D eigenvalue weighted by atomic mass is 10.3. The second-order valence-electron chi connectivity index (χ2n) is 4.19. The van der Waals surface area contributed by atoms with Crippen molar-refractivity contribution in [2.45, 2.75) is 13.0 Å². The van der Waals surface area contributed by atoms with E-state index in [0.29, 0.717) is 12.4 Å². The van der Waals surface area contributed by atoms with E-state index in [1.807, 2.05) is 6.92 Å². The van der Waals surface area contributed by atoms with Crippen molar-refractivity contribution in [1.29, 1.82) is 0 Å². The molecule has 7 heteroatoms. The molecule has 1 amide bonds. The summed E-state index contributed by atoms with van der Waals surface area (Å²) in [5, 5.41) is 12.7. The molecule has 0 bridgehead atoms. The van der Waals surface area contributed by atoms with Gasteiger partial charge in [0.2, 0.25) is 5.91 Å². The molecule has 7 nitrogen and oxygen atoms in total. The van der Waals surface area contributed by atoms with E-state index in [1.54, 1.807) is 0 Å². The fraction of sp³-hybridized carbons (Fsp3) is 0.700. The number of nitrogens with zero attached hydrogens (tertiary/aromatic N) is 3. The van der Waals surface area contributed by atoms with Gasteiger partial charge >= 0.3 is 0 Å². The summed E-state index contributed by atoms with van der Waals surface area (Å²) in [7, 11) is 0. The van der Waals surface area contributed by atoms with Crippen molar-refractivity contribution in [1.82, 2.24) is 30.7 Å². The Bertz CT molecular complexity index is 346. The van der Waals surface area contributed by atoms with Gasteiger partial charge < -0.3 is 10.6 Å². The maximum Gasteiger partial charge on any atom is 0.234 e. The van der Waals surface area contributed by atoms with E-state index in [4.69, 9.17) is 0 Å². The lowest BCUT2D eigenvalue weighted by molar-refractivity contribution is -0.123. The van der Waals surface area contributed by atoms with Crippen LogP contribution in [-0.2, 0) is 4.79 Å². The Morgan fingerprint density at radius 1 is 1.59 bits per heavy atom. The molecule has 3 N–H and O–H groups in total. The van der Waals surface area contributed by atoms with Crippen molar-refractivity contribution in [2.75, 3.05) is 32.7 Å². The zero-order valence-corrected chi connectivity index (χ0v) is 9.94. The largest absolute Gasteiger partial charge is 0.345 e. The number of nitrogens with one attached hydrogen (secondary N) is 3. The molecule has 2 heterocycles. The molecule has 0 radical (unpaired) electrons. The normalized spacial score (nSPS) is 18.9. The maximum absolute atomic E-state index is 11.8. The summed E-state index contributed by atoms with van der Waals surface area (Å²) in [5.41, 5.74) is 0. The molecule has 94 valence electrons. The van der Waals surface area contributed by atoms with Crippen molar-refractivity contribution in [3.8, 4) is 0 Å². The van der Waals surface area contributed by atoms with Gasteiger partial charge in [0.1, 0.15) is 12.2 Å². The number of rotatable bonds is 4. The smallest absolute Gasteiger partial charge is 0.234 e. The summed E-state index contributed by atoms with van der Waals surface area (Å²) in [6, 6.07) is -0.132. The minimum absolute atomic E-state index is 0.0239. The summed E-state index contributed by atoms with van der Waals surface area (Å²) in [6.07, 6.45) is 1.44. The van der Waals surface area contributed by atoms with Crippen LogP contribution in [0.15, 0.2) is 6.33 Å². The third-order valence-electron chi connectivity index (χ3n) is 2.80. The van der Waals surface area contributed by atoms with Crippen molar-refractivity contribution < 1.29 is 4.79 Å². The Morgan fingerprint density at radius 3 is 3.00 bits per heavy atom. The van der Waals surface area contributed by atoms with Crippen LogP contribution in [-0.4, -0.2) is 58.7 Å². The number of carbonyl (C=O) groups excluding carboxylic acids is 1. The minimum atomic E-state index is -0.132. The van der Waals surface area contributed by atoms with E-state index in [9.17, 15) is 4.79 Å². The number of hydrogen-bond acceptors (Lipinski definition) is 5. The lowest BCUT2D eigenvalue weighted by Crippen LogP contribution is -2.47. The van der Waals surface area contributed by atoms with E-state index in [-0.39, 0.29) is 11.9 Å². The van der Waals surface area contributed by atoms with Crippen LogP contribution >= 0.6 is 0 Å². The van der Waals surface area contributed by atoms with E-state index in [1.165, 1.54) is 6.33 Å². The third kappa shape index (κ3) is 3.50. The summed E-state index contributed by atoms with van der Waals surface area (Å²) < 4.78 is 0. The van der Waals surface area contributed by atoms with Gasteiger partial charge in [-0.25, -0.2) is 4.98 Å². The van der Waals surface area contributed by atoms with Gasteiger partial charge in [0.15, 0.2) is 0 Å². The standard InChI is InChI=1S/C10H18N6O/c1-8(10-12-7-13-15-10)14-9(17)6-16-4-2-11-3-5-16/h7-8,11H,2-6H2,1H3,(H,14,17)(H,12,13,15). The Hall–Kier alpha value is -1.47. The third-order valence-corrected chi connectivity index (χ3v) is 2.80. The van der Waals surface area contributed by atoms with Crippen molar-refractivity contribution >= 4 is 5.91 Å². The van der Waals surface area contributed by atoms with Gasteiger partial charge in [0.25, 0.3) is 0 Å². The first-order valence-electron chi connectivity index (χ1n) is 5.83. The average Bonchev–Trinajstić information content (AvgIpc) is 2.83. The molecule has 17 heavy (non-hydrogen) atoms. The Balaban J connectivity index is 1.76. The lowest BCUT2D eigenvalue weighted by Gasteiger charge is -2.26. The van der Waals surface area contributed by atoms with E-state index < -0.39 is 0 Å². The number of aromatic amines is 1. The number of aromatic nitrogens is 3. The predicted molar refractivity (Wildman–Crippen MR) is 62.3 cm³/mol. The molecule has 0 aliphatic carbocycles. The van der Waals surface area contributed by atoms with E-state index in [0.717, 1.165) is 26.2 Å². The highest BCUT2D eigenvalue weighted by molar-refractivity contribution is 5.78. The number of amides is 1. The van der Waals surface area contributed by atoms with Crippen molar-refractivity contribution in [3.63, 3.8) is 0 Å². The molecule has 1 fully saturated rings. The SMILES string of the molecule is CC(NC(=O)CN1CCNCC1)c1ncn[nH]1. The molecule has 1 aromatic rings. The van der Waals surface area contributed by atoms with Crippen LogP contribution in [0.5, 0.6) is 0 Å². The van der Waals surface area contributed by atoms with Gasteiger partial charge in [-0.3, -0.25) is 14.8 Å². The van der Waals surface area contributed by atoms with Crippen LogP contribution in [0.25, 0.3) is 0 Å². The van der Waals surface area contributed by atoms with Crippen LogP contribution < -0.4 is 10.6 Å². The Morgan fingerprint density at radius 2 is 2.35 bits per heavy atom. The number of piperazine rings is 1. The van der Waals surface area contributed by atoms with Crippen LogP contribution in [0, 0.1) is 0 Å². The molecule has 2 rings (SSSR count). The predicted octanol–water partition coefficient (Wildman–Crippen LogP) is -1.11.